The fourth-order valence-corrected chi connectivity index (χ4v) is 14.4. The Balaban J connectivity index is 1.19. The summed E-state index contributed by atoms with van der Waals surface area (Å²) in [6.07, 6.45) is 20.0. The molecule has 1 fully saturated rings. The first-order valence-corrected chi connectivity index (χ1v) is 43.7. The number of imidazole rings is 1. The molecule has 0 bridgehead atoms. The van der Waals surface area contributed by atoms with Gasteiger partial charge in [0.2, 0.25) is 59.1 Å². The Hall–Kier alpha value is -10.3. The number of thiol groups is 1. The maximum atomic E-state index is 15.7. The minimum absolute atomic E-state index is 0.0000704. The third-order valence-corrected chi connectivity index (χ3v) is 20.8. The van der Waals surface area contributed by atoms with Gasteiger partial charge in [0.1, 0.15) is 36.3 Å². The summed E-state index contributed by atoms with van der Waals surface area (Å²) in [6.45, 7) is 5.80. The van der Waals surface area contributed by atoms with E-state index in [9.17, 15) is 48.3 Å². The Morgan fingerprint density at radius 3 is 1.57 bits per heavy atom. The van der Waals surface area contributed by atoms with Crippen LogP contribution in [0.2, 0.25) is 0 Å². The van der Waals surface area contributed by atoms with Crippen molar-refractivity contribution in [3.63, 3.8) is 0 Å². The van der Waals surface area contributed by atoms with Crippen LogP contribution < -0.4 is 76.1 Å². The second-order valence-corrected chi connectivity index (χ2v) is 31.0. The summed E-state index contributed by atoms with van der Waals surface area (Å²) >= 11 is 4.45. The number of ether oxygens (including phenoxy) is 3. The number of H-pyrrole nitrogens is 1. The van der Waals surface area contributed by atoms with Gasteiger partial charge >= 0.3 is 5.97 Å². The van der Waals surface area contributed by atoms with Crippen molar-refractivity contribution in [2.24, 2.45) is 32.9 Å². The molecular formula is C86H135N19O16S. The molecule has 2 heterocycles. The number of likely N-dealkylation sites (tertiary alicyclic amines) is 1. The minimum atomic E-state index is -1.64. The fourth-order valence-electron chi connectivity index (χ4n) is 14.1. The van der Waals surface area contributed by atoms with Crippen LogP contribution >= 0.6 is 12.6 Å². The molecule has 0 unspecified atom stereocenters. The molecule has 0 spiro atoms. The van der Waals surface area contributed by atoms with Crippen LogP contribution in [0.1, 0.15) is 196 Å². The lowest BCUT2D eigenvalue weighted by Gasteiger charge is -2.35. The van der Waals surface area contributed by atoms with E-state index in [1.807, 2.05) is 30.3 Å². The molecule has 1 aliphatic rings. The first-order chi connectivity index (χ1) is 59.0. The molecule has 9 atom stereocenters. The van der Waals surface area contributed by atoms with E-state index in [0.29, 0.717) is 95.1 Å². The van der Waals surface area contributed by atoms with Crippen LogP contribution in [0, 0.1) is 0 Å². The quantitative estimate of drug-likeness (QED) is 0.0131. The van der Waals surface area contributed by atoms with Crippen molar-refractivity contribution in [3.05, 3.63) is 126 Å². The summed E-state index contributed by atoms with van der Waals surface area (Å²) in [6, 6.07) is 16.8. The number of aromatic amines is 1. The molecule has 122 heavy (non-hydrogen) atoms. The Bertz CT molecular complexity index is 3730. The number of aromatic nitrogens is 2. The highest BCUT2D eigenvalue weighted by Crippen LogP contribution is 2.32. The smallest absolute Gasteiger partial charge is 0.317 e. The highest BCUT2D eigenvalue weighted by Gasteiger charge is 2.42. The Morgan fingerprint density at radius 1 is 0.541 bits per heavy atom. The van der Waals surface area contributed by atoms with Crippen LogP contribution in [0.5, 0.6) is 0 Å². The van der Waals surface area contributed by atoms with E-state index in [1.165, 1.54) is 95.0 Å². The maximum Gasteiger partial charge on any atom is 0.317 e. The number of guanidine groups is 2. The SMILES string of the molecule is CCCCCCCCCCCCCCCC(=O)NCCCOCCOCCOCCCNC(=O)C[C@H](Cc1ccccc1)NC(=O)[C@H](CCCN=C(N)N)NC(=O)[C@@H](CS)NC(=O)[C@H](CCCN=C(N)N)NC(=O)C[C@@H]1CCCN1C(=O)[C@@H](NC(=O)[C@H](Cc1cnc[nH]1)NC(=O)[C@@H](NC(=O)CNCC(=O)O)[C@@H](C)O)C(c1ccccc1)c1ccccc1. The molecule has 1 aliphatic heterocycles. The van der Waals surface area contributed by atoms with Crippen LogP contribution in [-0.2, 0) is 79.8 Å². The number of unbranched alkanes of at least 4 members (excludes halogenated alkanes) is 12. The molecule has 5 rings (SSSR count). The standard InChI is InChI=1S/C86H135N19O16S/c1-3-4-5-6-7-8-9-10-11-12-13-14-24-39-71(107)93-42-28-45-119-47-49-121-50-48-120-46-29-43-94-72(108)53-64(51-61-30-18-15-19-31-61)98-79(113)68(38-26-41-96-86(89)90)100-82(116)70(58-122)102-80(114)67(37-25-40-95-85(87)88)99-73(109)54-66-36-27-44-105(66)84(118)78(76(62-32-20-16-21-33-62)63-34-22-17-23-35-63)104-81(115)69(52-65-55-92-59-97-65)101-83(117)77(60(2)106)103-74(110)56-91-57-75(111)112/h15-23,30-35,55,59-60,64,66-70,76-78,91,106,122H,3-14,24-29,36-54,56-58H2,1-2H3,(H,92,97)(H,93,107)(H,94,108)(H,98,113)(H,99,109)(H,100,116)(H,101,117)(H,102,114)(H,103,110)(H,104,115)(H,111,112)(H4,87,88,95)(H4,89,90,96)/t60-,64+,66+,67+,68+,69+,70-,77+,78+/m1/s1. The van der Waals surface area contributed by atoms with E-state index in [4.69, 9.17) is 42.3 Å². The number of aliphatic carboxylic acids is 1. The summed E-state index contributed by atoms with van der Waals surface area (Å²) in [5, 5.41) is 47.3. The normalized spacial score (nSPS) is 14.4. The number of nitrogens with two attached hydrogens (primary N) is 4. The number of carboxylic acid groups (broad SMARTS) is 1. The number of aliphatic hydroxyl groups excluding tert-OH is 1. The molecule has 676 valence electrons. The number of nitrogens with one attached hydrogen (secondary N) is 11. The monoisotopic (exact) mass is 1720 g/mol. The van der Waals surface area contributed by atoms with Crippen molar-refractivity contribution in [3.8, 4) is 0 Å². The molecule has 0 saturated carbocycles. The topological polar surface area (TPSA) is 537 Å². The predicted molar refractivity (Wildman–Crippen MR) is 469 cm³/mol. The van der Waals surface area contributed by atoms with Crippen molar-refractivity contribution in [2.45, 2.75) is 241 Å². The number of amides is 10. The van der Waals surface area contributed by atoms with Crippen molar-refractivity contribution >= 4 is 89.6 Å². The van der Waals surface area contributed by atoms with Gasteiger partial charge in [0.15, 0.2) is 11.9 Å². The van der Waals surface area contributed by atoms with Crippen molar-refractivity contribution in [2.75, 3.05) is 91.2 Å². The van der Waals surface area contributed by atoms with Gasteiger partial charge in [-0.2, -0.15) is 12.6 Å². The number of rotatable bonds is 66. The zero-order valence-corrected chi connectivity index (χ0v) is 71.9. The van der Waals surface area contributed by atoms with Gasteiger partial charge in [-0.25, -0.2) is 4.98 Å². The number of aliphatic hydroxyl groups is 1. The number of aliphatic imine (C=N–C) groups is 2. The summed E-state index contributed by atoms with van der Waals surface area (Å²) in [7, 11) is 0. The van der Waals surface area contributed by atoms with Crippen molar-refractivity contribution < 1.29 is 77.2 Å². The number of carbonyl (C=O) groups is 11. The molecule has 21 N–H and O–H groups in total. The van der Waals surface area contributed by atoms with Gasteiger partial charge < -0.3 is 105 Å². The van der Waals surface area contributed by atoms with Gasteiger partial charge in [-0.3, -0.25) is 68.0 Å². The molecule has 0 aliphatic carbocycles. The van der Waals surface area contributed by atoms with Gasteiger partial charge in [-0.05, 0) is 87.8 Å². The van der Waals surface area contributed by atoms with Gasteiger partial charge in [0.05, 0.1) is 51.9 Å². The lowest BCUT2D eigenvalue weighted by molar-refractivity contribution is -0.140. The number of hydrogen-bond donors (Lipinski definition) is 18. The highest BCUT2D eigenvalue weighted by atomic mass is 32.1. The summed E-state index contributed by atoms with van der Waals surface area (Å²) < 4.78 is 17.1. The summed E-state index contributed by atoms with van der Waals surface area (Å²) in [4.78, 5) is 170. The van der Waals surface area contributed by atoms with Gasteiger partial charge in [0, 0.05) is 107 Å². The Morgan fingerprint density at radius 2 is 1.04 bits per heavy atom. The van der Waals surface area contributed by atoms with Crippen LogP contribution in [0.4, 0.5) is 0 Å². The maximum absolute atomic E-state index is 15.7. The third kappa shape index (κ3) is 43.0. The van der Waals surface area contributed by atoms with Gasteiger partial charge in [-0.1, -0.05) is 175 Å². The lowest BCUT2D eigenvalue weighted by atomic mass is 9.84. The van der Waals surface area contributed by atoms with Crippen LogP contribution in [0.25, 0.3) is 0 Å². The second-order valence-electron chi connectivity index (χ2n) is 30.6. The average molecular weight is 1720 g/mol. The van der Waals surface area contributed by atoms with Gasteiger partial charge in [-0.15, -0.1) is 0 Å². The molecule has 1 saturated heterocycles. The number of hydrogen-bond acceptors (Lipinski definition) is 20. The average Bonchev–Trinajstić information content (AvgIpc) is 1.44. The first kappa shape index (κ1) is 102. The fraction of sp³-hybridized carbons (Fsp3) is 0.605. The predicted octanol–water partition coefficient (Wildman–Crippen LogP) is 2.83. The highest BCUT2D eigenvalue weighted by molar-refractivity contribution is 7.80. The second kappa shape index (κ2) is 61.1. The molecule has 3 aromatic carbocycles. The molecule has 4 aromatic rings. The largest absolute Gasteiger partial charge is 0.480 e. The van der Waals surface area contributed by atoms with E-state index < -0.39 is 127 Å². The molecule has 36 heteroatoms. The van der Waals surface area contributed by atoms with E-state index in [-0.39, 0.29) is 107 Å². The Labute approximate surface area is 722 Å². The molecule has 1 aromatic heterocycles. The van der Waals surface area contributed by atoms with Crippen LogP contribution in [-0.4, -0.2) is 248 Å². The number of nitrogens with zero attached hydrogens (tertiary/aromatic N) is 4. The minimum Gasteiger partial charge on any atom is -0.480 e. The summed E-state index contributed by atoms with van der Waals surface area (Å²) in [5.41, 5.74) is 25.0. The number of benzene rings is 3. The van der Waals surface area contributed by atoms with Crippen LogP contribution in [0.3, 0.4) is 0 Å². The van der Waals surface area contributed by atoms with E-state index in [0.717, 1.165) is 18.4 Å². The molecule has 35 nitrogen and oxygen atoms in total. The van der Waals surface area contributed by atoms with E-state index >= 15 is 9.59 Å². The van der Waals surface area contributed by atoms with E-state index in [1.54, 1.807) is 60.7 Å². The zero-order valence-electron chi connectivity index (χ0n) is 71.0. The summed E-state index contributed by atoms with van der Waals surface area (Å²) in [5.74, 6) is -9.37. The zero-order chi connectivity index (χ0) is 88.5. The number of carbonyl (C=O) groups excluding carboxylic acids is 10. The number of carboxylic acids is 1. The first-order valence-electron chi connectivity index (χ1n) is 43.1. The van der Waals surface area contributed by atoms with E-state index in [2.05, 4.69) is 92.7 Å². The van der Waals surface area contributed by atoms with Crippen molar-refractivity contribution in [1.82, 2.24) is 68.0 Å². The molecular weight excluding hydrogens is 1590 g/mol. The van der Waals surface area contributed by atoms with Gasteiger partial charge in [0.25, 0.3) is 0 Å². The van der Waals surface area contributed by atoms with Crippen LogP contribution in [0.15, 0.2) is 114 Å². The third-order valence-electron chi connectivity index (χ3n) is 20.5. The molecule has 10 amide bonds. The molecule has 0 radical (unpaired) electrons. The Kier molecular flexibility index (Phi) is 51.2. The lowest BCUT2D eigenvalue weighted by Crippen LogP contribution is -2.61. The van der Waals surface area contributed by atoms with Crippen molar-refractivity contribution in [1.29, 1.82) is 0 Å².